The Balaban J connectivity index is 1.36. The molecule has 1 saturated heterocycles. The molecule has 0 spiro atoms. The van der Waals surface area contributed by atoms with Crippen LogP contribution in [0.5, 0.6) is 0 Å². The van der Waals surface area contributed by atoms with E-state index in [0.29, 0.717) is 12.5 Å². The predicted octanol–water partition coefficient (Wildman–Crippen LogP) is 3.98. The molecule has 0 bridgehead atoms. The first kappa shape index (κ1) is 19.4. The lowest BCUT2D eigenvalue weighted by Gasteiger charge is -2.31. The monoisotopic (exact) mass is 414 g/mol. The Morgan fingerprint density at radius 2 is 2.18 bits per heavy atom. The number of carbonyl (C=O) groups excluding carboxylic acids is 1. The Morgan fingerprint density at radius 1 is 1.32 bits per heavy atom. The smallest absolute Gasteiger partial charge is 0.277 e. The van der Waals surface area contributed by atoms with E-state index in [2.05, 4.69) is 36.5 Å². The normalized spacial score (nSPS) is 18.4. The number of likely N-dealkylation sites (tertiary alicyclic amines) is 1. The topological polar surface area (TPSA) is 49.8 Å². The second kappa shape index (κ2) is 8.60. The predicted molar refractivity (Wildman–Crippen MR) is 115 cm³/mol. The van der Waals surface area contributed by atoms with Crippen LogP contribution in [0.3, 0.4) is 0 Å². The van der Waals surface area contributed by atoms with Crippen molar-refractivity contribution in [1.29, 1.82) is 0 Å². The lowest BCUT2D eigenvalue weighted by molar-refractivity contribution is -0.683. The van der Waals surface area contributed by atoms with Gasteiger partial charge in [-0.1, -0.05) is 35.9 Å². The third-order valence-electron chi connectivity index (χ3n) is 5.45. The molecular formula is C22H25ClN3OS+. The summed E-state index contributed by atoms with van der Waals surface area (Å²) in [4.78, 5) is 19.6. The highest BCUT2D eigenvalue weighted by Gasteiger charge is 2.27. The van der Waals surface area contributed by atoms with Crippen molar-refractivity contribution >= 4 is 39.1 Å². The van der Waals surface area contributed by atoms with Gasteiger partial charge in [-0.15, -0.1) is 11.3 Å². The van der Waals surface area contributed by atoms with Crippen LogP contribution in [0.25, 0.3) is 10.2 Å². The maximum atomic E-state index is 12.8. The molecule has 2 heterocycles. The number of nitrogens with two attached hydrogens (primary N) is 1. The van der Waals surface area contributed by atoms with Crippen LogP contribution in [0.2, 0.25) is 5.02 Å². The van der Waals surface area contributed by atoms with E-state index in [9.17, 15) is 4.79 Å². The number of rotatable bonds is 5. The van der Waals surface area contributed by atoms with Gasteiger partial charge in [-0.2, -0.15) is 0 Å². The molecule has 0 saturated carbocycles. The minimum absolute atomic E-state index is 0.201. The highest BCUT2D eigenvalue weighted by molar-refractivity contribution is 7.18. The summed E-state index contributed by atoms with van der Waals surface area (Å²) >= 11 is 7.85. The lowest BCUT2D eigenvalue weighted by atomic mass is 9.98. The van der Waals surface area contributed by atoms with E-state index in [4.69, 9.17) is 16.6 Å². The van der Waals surface area contributed by atoms with Crippen LogP contribution >= 0.6 is 22.9 Å². The third-order valence-corrected chi connectivity index (χ3v) is 6.89. The number of para-hydroxylation sites is 1. The van der Waals surface area contributed by atoms with E-state index in [1.54, 1.807) is 11.3 Å². The van der Waals surface area contributed by atoms with Gasteiger partial charge in [0.1, 0.15) is 6.04 Å². The maximum Gasteiger partial charge on any atom is 0.277 e. The average Bonchev–Trinajstić information content (AvgIpc) is 3.16. The van der Waals surface area contributed by atoms with Crippen LogP contribution in [0.4, 0.5) is 0 Å². The number of thiazole rings is 1. The lowest BCUT2D eigenvalue weighted by Crippen LogP contribution is -2.87. The molecule has 1 fully saturated rings. The summed E-state index contributed by atoms with van der Waals surface area (Å²) in [6.45, 7) is 4.19. The molecular weight excluding hydrogens is 390 g/mol. The molecule has 0 radical (unpaired) electrons. The highest BCUT2D eigenvalue weighted by atomic mass is 35.5. The van der Waals surface area contributed by atoms with Gasteiger partial charge in [-0.3, -0.25) is 4.79 Å². The van der Waals surface area contributed by atoms with Crippen LogP contribution in [0, 0.1) is 0 Å². The number of hydrogen-bond acceptors (Lipinski definition) is 3. The zero-order valence-corrected chi connectivity index (χ0v) is 17.5. The number of carbonyl (C=O) groups is 1. The molecule has 1 aliphatic rings. The fraction of sp³-hybridized carbons (Fsp3) is 0.364. The van der Waals surface area contributed by atoms with Gasteiger partial charge in [0.05, 0.1) is 15.2 Å². The standard InChI is InChI=1S/C22H24ClN3OS/c1-15(16-6-4-8-18(23)12-16)24-13-21(27)26-11-5-7-17(14-26)22-25-19-9-2-3-10-20(19)28-22/h2-4,6,8-10,12,15,17,24H,5,7,11,13-14H2,1H3/p+1/t15-,17-/m0/s1. The van der Waals surface area contributed by atoms with E-state index in [-0.39, 0.29) is 11.9 Å². The Hall–Kier alpha value is -1.95. The van der Waals surface area contributed by atoms with Gasteiger partial charge in [-0.05, 0) is 44.0 Å². The summed E-state index contributed by atoms with van der Waals surface area (Å²) in [7, 11) is 0. The van der Waals surface area contributed by atoms with Crippen molar-refractivity contribution in [3.63, 3.8) is 0 Å². The number of benzene rings is 2. The Kier molecular flexibility index (Phi) is 5.95. The molecule has 1 aliphatic heterocycles. The number of amides is 1. The van der Waals surface area contributed by atoms with Crippen LogP contribution in [0.15, 0.2) is 48.5 Å². The van der Waals surface area contributed by atoms with Crippen molar-refractivity contribution in [2.24, 2.45) is 0 Å². The van der Waals surface area contributed by atoms with Crippen molar-refractivity contribution in [3.05, 3.63) is 64.1 Å². The molecule has 28 heavy (non-hydrogen) atoms. The molecule has 1 amide bonds. The van der Waals surface area contributed by atoms with Gasteiger partial charge in [0.2, 0.25) is 0 Å². The summed E-state index contributed by atoms with van der Waals surface area (Å²) < 4.78 is 1.23. The zero-order valence-electron chi connectivity index (χ0n) is 16.0. The van der Waals surface area contributed by atoms with Gasteiger partial charge in [-0.25, -0.2) is 4.98 Å². The third kappa shape index (κ3) is 4.37. The van der Waals surface area contributed by atoms with E-state index in [1.165, 1.54) is 4.70 Å². The highest BCUT2D eigenvalue weighted by Crippen LogP contribution is 2.32. The Morgan fingerprint density at radius 3 is 3.00 bits per heavy atom. The van der Waals surface area contributed by atoms with Crippen LogP contribution < -0.4 is 5.32 Å². The van der Waals surface area contributed by atoms with Gasteiger partial charge < -0.3 is 10.2 Å². The van der Waals surface area contributed by atoms with Crippen molar-refractivity contribution in [1.82, 2.24) is 9.88 Å². The molecule has 146 valence electrons. The number of piperidine rings is 1. The fourth-order valence-electron chi connectivity index (χ4n) is 3.80. The second-order valence-electron chi connectivity index (χ2n) is 7.48. The molecule has 2 aromatic carbocycles. The Labute approximate surface area is 174 Å². The summed E-state index contributed by atoms with van der Waals surface area (Å²) in [6.07, 6.45) is 2.14. The molecule has 0 aliphatic carbocycles. The molecule has 3 aromatic rings. The molecule has 1 aromatic heterocycles. The minimum atomic E-state index is 0.201. The first-order valence-electron chi connectivity index (χ1n) is 9.82. The summed E-state index contributed by atoms with van der Waals surface area (Å²) in [5, 5.41) is 3.99. The van der Waals surface area contributed by atoms with Gasteiger partial charge in [0.25, 0.3) is 5.91 Å². The van der Waals surface area contributed by atoms with E-state index >= 15 is 0 Å². The van der Waals surface area contributed by atoms with Crippen LogP contribution in [0.1, 0.15) is 42.3 Å². The first-order valence-corrected chi connectivity index (χ1v) is 11.0. The summed E-state index contributed by atoms with van der Waals surface area (Å²) in [6, 6.07) is 16.3. The number of nitrogens with zero attached hydrogens (tertiary/aromatic N) is 2. The van der Waals surface area contributed by atoms with E-state index in [0.717, 1.165) is 47.0 Å². The minimum Gasteiger partial charge on any atom is -0.337 e. The van der Waals surface area contributed by atoms with Crippen molar-refractivity contribution in [3.8, 4) is 0 Å². The molecule has 4 rings (SSSR count). The number of quaternary nitrogens is 1. The molecule has 0 unspecified atom stereocenters. The molecule has 6 heteroatoms. The van der Waals surface area contributed by atoms with Crippen molar-refractivity contribution in [2.45, 2.75) is 31.7 Å². The Bertz CT molecular complexity index is 940. The second-order valence-corrected chi connectivity index (χ2v) is 8.98. The summed E-state index contributed by atoms with van der Waals surface area (Å²) in [5.74, 6) is 0.556. The van der Waals surface area contributed by atoms with Gasteiger partial charge in [0, 0.05) is 29.6 Å². The zero-order chi connectivity index (χ0) is 19.5. The largest absolute Gasteiger partial charge is 0.337 e. The van der Waals surface area contributed by atoms with Crippen LogP contribution in [-0.2, 0) is 4.79 Å². The number of fused-ring (bicyclic) bond motifs is 1. The van der Waals surface area contributed by atoms with Crippen molar-refractivity contribution < 1.29 is 10.1 Å². The first-order chi connectivity index (χ1) is 13.6. The van der Waals surface area contributed by atoms with E-state index < -0.39 is 0 Å². The summed E-state index contributed by atoms with van der Waals surface area (Å²) in [5.41, 5.74) is 2.21. The van der Waals surface area contributed by atoms with E-state index in [1.807, 2.05) is 29.2 Å². The number of hydrogen-bond donors (Lipinski definition) is 1. The SMILES string of the molecule is C[C@H]([NH2+]CC(=O)N1CCC[C@H](c2nc3ccccc3s2)C1)c1cccc(Cl)c1. The van der Waals surface area contributed by atoms with Gasteiger partial charge >= 0.3 is 0 Å². The van der Waals surface area contributed by atoms with Crippen LogP contribution in [-0.4, -0.2) is 35.4 Å². The van der Waals surface area contributed by atoms with Gasteiger partial charge in [0.15, 0.2) is 6.54 Å². The molecule has 4 nitrogen and oxygen atoms in total. The fourth-order valence-corrected chi connectivity index (χ4v) is 5.09. The number of halogens is 1. The molecule has 2 atom stereocenters. The van der Waals surface area contributed by atoms with Crippen molar-refractivity contribution in [2.75, 3.05) is 19.6 Å². The maximum absolute atomic E-state index is 12.8. The average molecular weight is 415 g/mol. The molecule has 2 N–H and O–H groups in total. The quantitative estimate of drug-likeness (QED) is 0.686. The number of aromatic nitrogens is 1.